The highest BCUT2D eigenvalue weighted by Crippen LogP contribution is 2.28. The Balaban J connectivity index is 3.61. The lowest BCUT2D eigenvalue weighted by molar-refractivity contribution is 0.687. The second-order valence-corrected chi connectivity index (χ2v) is 5.42. The highest BCUT2D eigenvalue weighted by atomic mass is 31.1. The first kappa shape index (κ1) is 10.3. The Morgan fingerprint density at radius 3 is 2.40 bits per heavy atom. The summed E-state index contributed by atoms with van der Waals surface area (Å²) in [4.78, 5) is 0. The maximum atomic E-state index is 5.49. The Bertz CT molecular complexity index is 95.4. The summed E-state index contributed by atoms with van der Waals surface area (Å²) >= 11 is 0. The predicted molar refractivity (Wildman–Crippen MR) is 53.7 cm³/mol. The van der Waals surface area contributed by atoms with E-state index in [4.69, 9.17) is 5.73 Å². The molecular formula is C8H20NP. The molecule has 0 aromatic carbocycles. The zero-order valence-electron chi connectivity index (χ0n) is 7.19. The van der Waals surface area contributed by atoms with Gasteiger partial charge in [-0.05, 0) is 31.7 Å². The lowest BCUT2D eigenvalue weighted by atomic mass is 10.2. The van der Waals surface area contributed by atoms with Crippen LogP contribution in [0.5, 0.6) is 0 Å². The largest absolute Gasteiger partial charge is 0.330 e. The van der Waals surface area contributed by atoms with Crippen LogP contribution >= 0.6 is 7.55 Å². The van der Waals surface area contributed by atoms with Crippen molar-refractivity contribution in [2.45, 2.75) is 31.8 Å². The van der Waals surface area contributed by atoms with Crippen LogP contribution in [0, 0.1) is 0 Å². The van der Waals surface area contributed by atoms with E-state index in [1.807, 2.05) is 0 Å². The molecule has 0 radical (unpaired) electrons. The molecule has 62 valence electrons. The highest BCUT2D eigenvalue weighted by Gasteiger charge is 2.04. The highest BCUT2D eigenvalue weighted by molar-refractivity contribution is 7.55. The monoisotopic (exact) mass is 161 g/mol. The third-order valence-corrected chi connectivity index (χ3v) is 3.82. The summed E-state index contributed by atoms with van der Waals surface area (Å²) < 4.78 is 0. The third kappa shape index (κ3) is 4.14. The van der Waals surface area contributed by atoms with Gasteiger partial charge in [-0.1, -0.05) is 13.3 Å². The van der Waals surface area contributed by atoms with Crippen LogP contribution in [0.3, 0.4) is 0 Å². The van der Waals surface area contributed by atoms with Crippen molar-refractivity contribution in [1.29, 1.82) is 0 Å². The smallest absolute Gasteiger partial charge is 0.00714 e. The van der Waals surface area contributed by atoms with E-state index in [1.165, 1.54) is 19.3 Å². The second-order valence-electron chi connectivity index (χ2n) is 2.91. The van der Waals surface area contributed by atoms with Gasteiger partial charge in [0, 0.05) is 0 Å². The number of rotatable bonds is 5. The van der Waals surface area contributed by atoms with E-state index in [1.54, 1.807) is 0 Å². The van der Waals surface area contributed by atoms with Crippen molar-refractivity contribution in [3.63, 3.8) is 0 Å². The molecule has 0 heterocycles. The van der Waals surface area contributed by atoms with Crippen LogP contribution in [-0.4, -0.2) is 25.2 Å². The van der Waals surface area contributed by atoms with Crippen molar-refractivity contribution in [3.05, 3.63) is 0 Å². The van der Waals surface area contributed by atoms with Crippen molar-refractivity contribution < 1.29 is 0 Å². The van der Waals surface area contributed by atoms with Crippen LogP contribution in [-0.2, 0) is 0 Å². The second kappa shape index (κ2) is 6.00. The van der Waals surface area contributed by atoms with Crippen LogP contribution in [0.25, 0.3) is 0 Å². The molecule has 0 saturated heterocycles. The van der Waals surface area contributed by atoms with Gasteiger partial charge in [0.2, 0.25) is 0 Å². The fourth-order valence-electron chi connectivity index (χ4n) is 1.19. The molecule has 1 nitrogen and oxygen atoms in total. The molecule has 0 spiro atoms. The van der Waals surface area contributed by atoms with Crippen LogP contribution in [0.4, 0.5) is 0 Å². The molecule has 2 atom stereocenters. The number of nitrogens with two attached hydrogens (primary N) is 1. The zero-order valence-corrected chi connectivity index (χ0v) is 8.19. The van der Waals surface area contributed by atoms with Crippen molar-refractivity contribution in [2.75, 3.05) is 13.2 Å². The van der Waals surface area contributed by atoms with Crippen LogP contribution < -0.4 is 5.73 Å². The number of hydrogen-bond donors (Lipinski definition) is 1. The van der Waals surface area contributed by atoms with Crippen molar-refractivity contribution in [3.8, 4) is 0 Å². The minimum absolute atomic E-state index is 0.328. The first-order valence-electron chi connectivity index (χ1n) is 4.07. The van der Waals surface area contributed by atoms with E-state index in [0.29, 0.717) is 0 Å². The molecule has 0 fully saturated rings. The summed E-state index contributed by atoms with van der Waals surface area (Å²) in [6.45, 7) is 5.34. The van der Waals surface area contributed by atoms with Crippen molar-refractivity contribution in [1.82, 2.24) is 0 Å². The zero-order chi connectivity index (χ0) is 7.98. The summed E-state index contributed by atoms with van der Waals surface area (Å²) in [6.07, 6.45) is 7.91. The van der Waals surface area contributed by atoms with Gasteiger partial charge in [0.15, 0.2) is 0 Å². The molecule has 0 aromatic heterocycles. The molecule has 0 bridgehead atoms. The topological polar surface area (TPSA) is 26.0 Å². The summed E-state index contributed by atoms with van der Waals surface area (Å²) in [5, 5.41) is 0. The lowest BCUT2D eigenvalue weighted by Gasteiger charge is -2.14. The molecule has 0 aliphatic rings. The molecule has 2 unspecified atom stereocenters. The average Bonchev–Trinajstić information content (AvgIpc) is 1.87. The van der Waals surface area contributed by atoms with Gasteiger partial charge in [-0.25, -0.2) is 0 Å². The Labute approximate surface area is 65.4 Å². The fourth-order valence-corrected chi connectivity index (χ4v) is 2.63. The molecule has 2 heteroatoms. The van der Waals surface area contributed by atoms with E-state index in [9.17, 15) is 0 Å². The van der Waals surface area contributed by atoms with Gasteiger partial charge in [-0.3, -0.25) is 0 Å². The molecule has 0 aliphatic heterocycles. The van der Waals surface area contributed by atoms with Crippen molar-refractivity contribution >= 4 is 13.8 Å². The fraction of sp³-hybridized carbons (Fsp3) is 0.875. The van der Waals surface area contributed by atoms with Crippen molar-refractivity contribution in [2.24, 2.45) is 5.73 Å². The summed E-state index contributed by atoms with van der Waals surface area (Å²) in [5.74, 6) is 0. The molecule has 0 aliphatic carbocycles. The van der Waals surface area contributed by atoms with Gasteiger partial charge in [0.05, 0.1) is 0 Å². The van der Waals surface area contributed by atoms with E-state index >= 15 is 0 Å². The average molecular weight is 161 g/mol. The maximum Gasteiger partial charge on any atom is -0.00714 e. The SMILES string of the molecule is C=[PH](C)C(CCC)CCN. The normalized spacial score (nSPS) is 16.7. The van der Waals surface area contributed by atoms with E-state index < -0.39 is 0 Å². The molecular weight excluding hydrogens is 141 g/mol. The Morgan fingerprint density at radius 2 is 2.10 bits per heavy atom. The minimum Gasteiger partial charge on any atom is -0.330 e. The predicted octanol–water partition coefficient (Wildman–Crippen LogP) is 1.78. The molecule has 0 aromatic rings. The van der Waals surface area contributed by atoms with Gasteiger partial charge in [0.25, 0.3) is 0 Å². The Kier molecular flexibility index (Phi) is 6.16. The number of hydrogen-bond acceptors (Lipinski definition) is 1. The lowest BCUT2D eigenvalue weighted by Crippen LogP contribution is -2.09. The van der Waals surface area contributed by atoms with Gasteiger partial charge in [0.1, 0.15) is 0 Å². The van der Waals surface area contributed by atoms with Crippen LogP contribution in [0.2, 0.25) is 0 Å². The van der Waals surface area contributed by atoms with E-state index in [2.05, 4.69) is 19.9 Å². The van der Waals surface area contributed by atoms with E-state index in [-0.39, 0.29) is 7.55 Å². The summed E-state index contributed by atoms with van der Waals surface area (Å²) in [7, 11) is -0.328. The first-order valence-corrected chi connectivity index (χ1v) is 6.36. The Hall–Kier alpha value is 0.260. The standard InChI is InChI=1S/C8H20NP/c1-4-5-8(6-7-9)10(2)3/h8,10H,2,4-7,9H2,1,3H3. The quantitative estimate of drug-likeness (QED) is 0.611. The van der Waals surface area contributed by atoms with Crippen LogP contribution in [0.15, 0.2) is 0 Å². The molecule has 0 amide bonds. The molecule has 10 heavy (non-hydrogen) atoms. The van der Waals surface area contributed by atoms with Gasteiger partial charge < -0.3 is 5.73 Å². The molecule has 0 saturated carbocycles. The summed E-state index contributed by atoms with van der Waals surface area (Å²) in [5.41, 5.74) is 6.33. The third-order valence-electron chi connectivity index (χ3n) is 1.85. The summed E-state index contributed by atoms with van der Waals surface area (Å²) in [6, 6.07) is 0. The Morgan fingerprint density at radius 1 is 1.50 bits per heavy atom. The van der Waals surface area contributed by atoms with Gasteiger partial charge >= 0.3 is 0 Å². The van der Waals surface area contributed by atoms with Crippen LogP contribution in [0.1, 0.15) is 26.2 Å². The minimum atomic E-state index is -0.328. The maximum absolute atomic E-state index is 5.49. The van der Waals surface area contributed by atoms with E-state index in [0.717, 1.165) is 12.2 Å². The molecule has 2 N–H and O–H groups in total. The van der Waals surface area contributed by atoms with Gasteiger partial charge in [-0.2, -0.15) is 0 Å². The molecule has 0 rings (SSSR count). The first-order chi connectivity index (χ1) is 4.72. The van der Waals surface area contributed by atoms with Gasteiger partial charge in [-0.15, -0.1) is 13.8 Å².